The number of rotatable bonds is 10. The second-order valence-corrected chi connectivity index (χ2v) is 9.04. The molecule has 0 aliphatic rings. The normalized spacial score (nSPS) is 11.8. The molecule has 0 bridgehead atoms. The summed E-state index contributed by atoms with van der Waals surface area (Å²) in [4.78, 5) is 37.0. The molecule has 184 valence electrons. The number of alkyl carbamates (subject to hydrolysis) is 2. The SMILES string of the molecule is Cc1ccc(NC(=O)[C@H](CCCCNC(=O)OC(C)(C)C)NC(=O)OCc2ccccc2)cc1. The highest BCUT2D eigenvalue weighted by atomic mass is 16.6. The van der Waals surface area contributed by atoms with E-state index in [0.717, 1.165) is 11.1 Å². The lowest BCUT2D eigenvalue weighted by Crippen LogP contribution is -2.44. The van der Waals surface area contributed by atoms with Gasteiger partial charge in [0.2, 0.25) is 5.91 Å². The van der Waals surface area contributed by atoms with Crippen LogP contribution in [0.4, 0.5) is 15.3 Å². The minimum atomic E-state index is -0.786. The minimum absolute atomic E-state index is 0.110. The zero-order valence-corrected chi connectivity index (χ0v) is 20.4. The van der Waals surface area contributed by atoms with Crippen molar-refractivity contribution in [1.82, 2.24) is 10.6 Å². The van der Waals surface area contributed by atoms with Gasteiger partial charge in [-0.1, -0.05) is 48.0 Å². The summed E-state index contributed by atoms with van der Waals surface area (Å²) in [6.45, 7) is 7.87. The van der Waals surface area contributed by atoms with Crippen molar-refractivity contribution in [2.75, 3.05) is 11.9 Å². The molecule has 2 aromatic carbocycles. The van der Waals surface area contributed by atoms with Gasteiger partial charge in [-0.2, -0.15) is 0 Å². The van der Waals surface area contributed by atoms with Crippen LogP contribution in [0.25, 0.3) is 0 Å². The maximum atomic E-state index is 12.9. The van der Waals surface area contributed by atoms with Gasteiger partial charge in [0.05, 0.1) is 0 Å². The number of nitrogens with one attached hydrogen (secondary N) is 3. The molecular formula is C26H35N3O5. The molecule has 0 spiro atoms. The van der Waals surface area contributed by atoms with Gasteiger partial charge in [-0.25, -0.2) is 9.59 Å². The predicted octanol–water partition coefficient (Wildman–Crippen LogP) is 4.92. The fourth-order valence-electron chi connectivity index (χ4n) is 3.02. The lowest BCUT2D eigenvalue weighted by molar-refractivity contribution is -0.118. The first-order chi connectivity index (χ1) is 16.1. The molecule has 0 aromatic heterocycles. The molecule has 3 N–H and O–H groups in total. The lowest BCUT2D eigenvalue weighted by atomic mass is 10.1. The quantitative estimate of drug-likeness (QED) is 0.428. The van der Waals surface area contributed by atoms with Crippen LogP contribution in [0.5, 0.6) is 0 Å². The Kier molecular flexibility index (Phi) is 10.4. The highest BCUT2D eigenvalue weighted by molar-refractivity contribution is 5.96. The van der Waals surface area contributed by atoms with E-state index < -0.39 is 23.8 Å². The number of unbranched alkanes of at least 4 members (excludes halogenated alkanes) is 1. The number of anilines is 1. The third kappa shape index (κ3) is 10.8. The van der Waals surface area contributed by atoms with E-state index in [1.54, 1.807) is 20.8 Å². The lowest BCUT2D eigenvalue weighted by Gasteiger charge is -2.20. The van der Waals surface area contributed by atoms with E-state index in [-0.39, 0.29) is 12.5 Å². The van der Waals surface area contributed by atoms with Crippen molar-refractivity contribution in [1.29, 1.82) is 0 Å². The zero-order valence-electron chi connectivity index (χ0n) is 20.4. The highest BCUT2D eigenvalue weighted by Crippen LogP contribution is 2.12. The maximum Gasteiger partial charge on any atom is 0.408 e. The fraction of sp³-hybridized carbons (Fsp3) is 0.423. The number of carbonyl (C=O) groups excluding carboxylic acids is 3. The molecule has 0 unspecified atom stereocenters. The molecule has 0 radical (unpaired) electrons. The highest BCUT2D eigenvalue weighted by Gasteiger charge is 2.22. The predicted molar refractivity (Wildman–Crippen MR) is 131 cm³/mol. The Morgan fingerprint density at radius 2 is 1.59 bits per heavy atom. The monoisotopic (exact) mass is 469 g/mol. The third-order valence-electron chi connectivity index (χ3n) is 4.73. The molecule has 2 aromatic rings. The van der Waals surface area contributed by atoms with E-state index >= 15 is 0 Å². The van der Waals surface area contributed by atoms with Gasteiger partial charge in [0.1, 0.15) is 18.2 Å². The van der Waals surface area contributed by atoms with Crippen molar-refractivity contribution in [3.05, 3.63) is 65.7 Å². The van der Waals surface area contributed by atoms with Crippen LogP contribution in [0, 0.1) is 6.92 Å². The molecular weight excluding hydrogens is 434 g/mol. The second kappa shape index (κ2) is 13.2. The van der Waals surface area contributed by atoms with Crippen LogP contribution in [-0.2, 0) is 20.9 Å². The first-order valence-corrected chi connectivity index (χ1v) is 11.4. The van der Waals surface area contributed by atoms with Crippen molar-refractivity contribution >= 4 is 23.8 Å². The average Bonchev–Trinajstić information content (AvgIpc) is 2.77. The van der Waals surface area contributed by atoms with Gasteiger partial charge in [0.25, 0.3) is 0 Å². The molecule has 3 amide bonds. The Morgan fingerprint density at radius 3 is 2.24 bits per heavy atom. The van der Waals surface area contributed by atoms with E-state index in [1.807, 2.05) is 61.5 Å². The Labute approximate surface area is 201 Å². The second-order valence-electron chi connectivity index (χ2n) is 9.04. The summed E-state index contributed by atoms with van der Waals surface area (Å²) >= 11 is 0. The first-order valence-electron chi connectivity index (χ1n) is 11.4. The molecule has 0 saturated carbocycles. The van der Waals surface area contributed by atoms with Gasteiger partial charge >= 0.3 is 12.2 Å². The molecule has 0 aliphatic carbocycles. The summed E-state index contributed by atoms with van der Waals surface area (Å²) in [5.41, 5.74) is 2.01. The summed E-state index contributed by atoms with van der Waals surface area (Å²) in [5.74, 6) is -0.333. The molecule has 8 nitrogen and oxygen atoms in total. The van der Waals surface area contributed by atoms with Crippen LogP contribution in [-0.4, -0.2) is 36.3 Å². The minimum Gasteiger partial charge on any atom is -0.445 e. The summed E-state index contributed by atoms with van der Waals surface area (Å²) < 4.78 is 10.5. The zero-order chi connectivity index (χ0) is 25.0. The number of benzene rings is 2. The van der Waals surface area contributed by atoms with E-state index in [0.29, 0.717) is 31.5 Å². The Hall–Kier alpha value is -3.55. The topological polar surface area (TPSA) is 106 Å². The van der Waals surface area contributed by atoms with Gasteiger partial charge in [-0.05, 0) is 64.7 Å². The molecule has 2 rings (SSSR count). The van der Waals surface area contributed by atoms with Gasteiger partial charge in [0.15, 0.2) is 0 Å². The van der Waals surface area contributed by atoms with Gasteiger partial charge in [0, 0.05) is 12.2 Å². The number of carbonyl (C=O) groups is 3. The number of hydrogen-bond acceptors (Lipinski definition) is 5. The summed E-state index contributed by atoms with van der Waals surface area (Å²) in [6, 6.07) is 15.9. The molecule has 8 heteroatoms. The standard InChI is InChI=1S/C26H35N3O5/c1-19-13-15-21(16-14-19)28-23(30)22(12-8-9-17-27-24(31)34-26(2,3)4)29-25(32)33-18-20-10-6-5-7-11-20/h5-7,10-11,13-16,22H,8-9,12,17-18H2,1-4H3,(H,27,31)(H,28,30)(H,29,32)/t22-/m0/s1. The average molecular weight is 470 g/mol. The van der Waals surface area contributed by atoms with Crippen LogP contribution in [0.15, 0.2) is 54.6 Å². The number of ether oxygens (including phenoxy) is 2. The molecule has 0 heterocycles. The van der Waals surface area contributed by atoms with Crippen LogP contribution in [0.3, 0.4) is 0 Å². The number of amides is 3. The fourth-order valence-corrected chi connectivity index (χ4v) is 3.02. The molecule has 0 aliphatic heterocycles. The van der Waals surface area contributed by atoms with Gasteiger partial charge in [-0.15, -0.1) is 0 Å². The van der Waals surface area contributed by atoms with Crippen molar-refractivity contribution in [3.8, 4) is 0 Å². The van der Waals surface area contributed by atoms with E-state index in [4.69, 9.17) is 9.47 Å². The molecule has 0 fully saturated rings. The van der Waals surface area contributed by atoms with Gasteiger partial charge < -0.3 is 25.4 Å². The summed E-state index contributed by atoms with van der Waals surface area (Å²) in [5, 5.41) is 8.19. The summed E-state index contributed by atoms with van der Waals surface area (Å²) in [7, 11) is 0. The van der Waals surface area contributed by atoms with Crippen LogP contribution in [0.1, 0.15) is 51.2 Å². The van der Waals surface area contributed by atoms with Crippen molar-refractivity contribution in [2.24, 2.45) is 0 Å². The molecule has 34 heavy (non-hydrogen) atoms. The smallest absolute Gasteiger partial charge is 0.408 e. The number of aryl methyl sites for hydroxylation is 1. The van der Waals surface area contributed by atoms with E-state index in [2.05, 4.69) is 16.0 Å². The van der Waals surface area contributed by atoms with Crippen molar-refractivity contribution in [2.45, 2.75) is 65.2 Å². The summed E-state index contributed by atoms with van der Waals surface area (Å²) in [6.07, 6.45) is 0.451. The Bertz CT molecular complexity index is 924. The number of hydrogen-bond donors (Lipinski definition) is 3. The van der Waals surface area contributed by atoms with Crippen molar-refractivity contribution < 1.29 is 23.9 Å². The van der Waals surface area contributed by atoms with Crippen LogP contribution < -0.4 is 16.0 Å². The van der Waals surface area contributed by atoms with Crippen molar-refractivity contribution in [3.63, 3.8) is 0 Å². The van der Waals surface area contributed by atoms with Gasteiger partial charge in [-0.3, -0.25) is 4.79 Å². The Balaban J connectivity index is 1.87. The van der Waals surface area contributed by atoms with Crippen LogP contribution in [0.2, 0.25) is 0 Å². The molecule has 1 atom stereocenters. The van der Waals surface area contributed by atoms with E-state index in [9.17, 15) is 14.4 Å². The Morgan fingerprint density at radius 1 is 0.912 bits per heavy atom. The molecule has 0 saturated heterocycles. The maximum absolute atomic E-state index is 12.9. The first kappa shape index (κ1) is 26.7. The van der Waals surface area contributed by atoms with E-state index in [1.165, 1.54) is 0 Å². The largest absolute Gasteiger partial charge is 0.445 e. The third-order valence-corrected chi connectivity index (χ3v) is 4.73. The van der Waals surface area contributed by atoms with Crippen LogP contribution >= 0.6 is 0 Å².